The van der Waals surface area contributed by atoms with Crippen molar-refractivity contribution in [1.82, 2.24) is 10.9 Å². The molecular weight excluding hydrogens is 405 g/mol. The molecule has 6 rings (SSSR count). The predicted octanol–water partition coefficient (Wildman–Crippen LogP) is 4.43. The van der Waals surface area contributed by atoms with Gasteiger partial charge in [0.25, 0.3) is 0 Å². The molecule has 3 aliphatic heterocycles. The van der Waals surface area contributed by atoms with Crippen molar-refractivity contribution in [2.24, 2.45) is 5.92 Å². The summed E-state index contributed by atoms with van der Waals surface area (Å²) in [5, 5.41) is 0. The van der Waals surface area contributed by atoms with E-state index in [0.717, 1.165) is 29.3 Å². The molecule has 3 heterocycles. The number of ether oxygens (including phenoxy) is 2. The fraction of sp³-hybridized carbons (Fsp3) is 0.308. The topological polar surface area (TPSA) is 45.8 Å². The molecule has 3 aromatic rings. The van der Waals surface area contributed by atoms with E-state index in [1.165, 1.54) is 28.8 Å². The maximum atomic E-state index is 13.5. The van der Waals surface area contributed by atoms with Gasteiger partial charge in [0.15, 0.2) is 11.5 Å². The van der Waals surface area contributed by atoms with Crippen LogP contribution in [0.4, 0.5) is 10.1 Å². The lowest BCUT2D eigenvalue weighted by molar-refractivity contribution is 0.171. The second-order valence-electron chi connectivity index (χ2n) is 8.88. The Morgan fingerprint density at radius 1 is 0.906 bits per heavy atom. The fourth-order valence-electron chi connectivity index (χ4n) is 5.14. The number of benzene rings is 3. The molecule has 0 spiro atoms. The van der Waals surface area contributed by atoms with Gasteiger partial charge in [0.2, 0.25) is 0 Å². The lowest BCUT2D eigenvalue weighted by Gasteiger charge is -2.40. The van der Waals surface area contributed by atoms with E-state index in [1.54, 1.807) is 0 Å². The molecule has 3 atom stereocenters. The van der Waals surface area contributed by atoms with E-state index in [2.05, 4.69) is 59.1 Å². The Labute approximate surface area is 187 Å². The van der Waals surface area contributed by atoms with Crippen molar-refractivity contribution in [2.75, 3.05) is 24.7 Å². The van der Waals surface area contributed by atoms with Crippen LogP contribution in [0.25, 0.3) is 0 Å². The maximum Gasteiger partial charge on any atom is 0.163 e. The maximum absolute atomic E-state index is 13.5. The van der Waals surface area contributed by atoms with Gasteiger partial charge < -0.3 is 14.4 Å². The number of anilines is 1. The Morgan fingerprint density at radius 2 is 1.59 bits per heavy atom. The van der Waals surface area contributed by atoms with Crippen molar-refractivity contribution in [1.29, 1.82) is 0 Å². The summed E-state index contributed by atoms with van der Waals surface area (Å²) in [6, 6.07) is 20.1. The van der Waals surface area contributed by atoms with Gasteiger partial charge in [-0.25, -0.2) is 15.2 Å². The molecule has 0 bridgehead atoms. The lowest BCUT2D eigenvalue weighted by Crippen LogP contribution is -2.39. The molecule has 0 aromatic heterocycles. The second kappa shape index (κ2) is 7.80. The van der Waals surface area contributed by atoms with Crippen LogP contribution in [0, 0.1) is 18.7 Å². The summed E-state index contributed by atoms with van der Waals surface area (Å²) in [4.78, 5) is 2.39. The van der Waals surface area contributed by atoms with Gasteiger partial charge in [-0.1, -0.05) is 42.0 Å². The van der Waals surface area contributed by atoms with Crippen molar-refractivity contribution in [3.8, 4) is 11.5 Å². The smallest absolute Gasteiger partial charge is 0.163 e. The number of fused-ring (bicyclic) bond motifs is 4. The van der Waals surface area contributed by atoms with Crippen molar-refractivity contribution in [3.05, 3.63) is 88.7 Å². The average molecular weight is 432 g/mol. The SMILES string of the molecule is Cc1ccc(C2NNC3c4cc5c(cc4N(Cc4ccc(F)cc4)CC23)OCCO5)cc1. The third-order valence-corrected chi connectivity index (χ3v) is 6.77. The van der Waals surface area contributed by atoms with Gasteiger partial charge in [-0.15, -0.1) is 0 Å². The molecule has 164 valence electrons. The largest absolute Gasteiger partial charge is 0.486 e. The van der Waals surface area contributed by atoms with Crippen molar-refractivity contribution in [3.63, 3.8) is 0 Å². The number of hydrazine groups is 1. The van der Waals surface area contributed by atoms with Crippen LogP contribution < -0.4 is 25.2 Å². The Bertz CT molecular complexity index is 1130. The molecule has 3 aromatic carbocycles. The first-order valence-corrected chi connectivity index (χ1v) is 11.2. The second-order valence-corrected chi connectivity index (χ2v) is 8.88. The normalized spacial score (nSPS) is 23.6. The first-order chi connectivity index (χ1) is 15.7. The molecule has 0 saturated carbocycles. The van der Waals surface area contributed by atoms with E-state index >= 15 is 0 Å². The zero-order valence-electron chi connectivity index (χ0n) is 18.0. The summed E-state index contributed by atoms with van der Waals surface area (Å²) < 4.78 is 25.3. The Balaban J connectivity index is 1.40. The third kappa shape index (κ3) is 3.40. The van der Waals surface area contributed by atoms with Crippen molar-refractivity contribution in [2.45, 2.75) is 25.6 Å². The van der Waals surface area contributed by atoms with Crippen LogP contribution in [0.15, 0.2) is 60.7 Å². The van der Waals surface area contributed by atoms with E-state index in [1.807, 2.05) is 12.1 Å². The first-order valence-electron chi connectivity index (χ1n) is 11.2. The third-order valence-electron chi connectivity index (χ3n) is 6.77. The number of rotatable bonds is 3. The molecule has 0 aliphatic carbocycles. The molecule has 2 N–H and O–H groups in total. The van der Waals surface area contributed by atoms with Crippen LogP contribution in [0.5, 0.6) is 11.5 Å². The number of hydrogen-bond donors (Lipinski definition) is 2. The number of halogens is 1. The summed E-state index contributed by atoms with van der Waals surface area (Å²) in [6.45, 7) is 4.81. The molecule has 6 heteroatoms. The molecule has 1 fully saturated rings. The van der Waals surface area contributed by atoms with Gasteiger partial charge in [-0.3, -0.25) is 0 Å². The Kier molecular flexibility index (Phi) is 4.77. The zero-order chi connectivity index (χ0) is 21.7. The number of nitrogens with one attached hydrogen (secondary N) is 2. The predicted molar refractivity (Wildman–Crippen MR) is 121 cm³/mol. The summed E-state index contributed by atoms with van der Waals surface area (Å²) >= 11 is 0. The number of aryl methyl sites for hydroxylation is 1. The van der Waals surface area contributed by atoms with E-state index in [-0.39, 0.29) is 17.9 Å². The highest BCUT2D eigenvalue weighted by Gasteiger charge is 2.44. The van der Waals surface area contributed by atoms with Crippen LogP contribution in [0.1, 0.15) is 34.3 Å². The molecule has 0 amide bonds. The molecule has 3 aliphatic rings. The Morgan fingerprint density at radius 3 is 2.34 bits per heavy atom. The van der Waals surface area contributed by atoms with Gasteiger partial charge in [0.05, 0.1) is 12.1 Å². The van der Waals surface area contributed by atoms with Crippen molar-refractivity contribution < 1.29 is 13.9 Å². The van der Waals surface area contributed by atoms with Crippen LogP contribution in [-0.2, 0) is 6.54 Å². The van der Waals surface area contributed by atoms with Gasteiger partial charge in [0.1, 0.15) is 19.0 Å². The van der Waals surface area contributed by atoms with E-state index in [0.29, 0.717) is 25.7 Å². The minimum Gasteiger partial charge on any atom is -0.486 e. The lowest BCUT2D eigenvalue weighted by atomic mass is 9.81. The minimum atomic E-state index is -0.212. The van der Waals surface area contributed by atoms with E-state index < -0.39 is 0 Å². The van der Waals surface area contributed by atoms with E-state index in [4.69, 9.17) is 9.47 Å². The quantitative estimate of drug-likeness (QED) is 0.642. The van der Waals surface area contributed by atoms with Gasteiger partial charge in [-0.2, -0.15) is 0 Å². The Hall–Kier alpha value is -3.09. The standard InChI is InChI=1S/C26H26FN3O2/c1-16-2-6-18(7-3-16)25-21-15-30(14-17-4-8-19(27)9-5-17)22-13-24-23(31-10-11-32-24)12-20(22)26(21)29-28-25/h2-9,12-13,21,25-26,28-29H,10-11,14-15H2,1H3. The molecule has 0 radical (unpaired) electrons. The summed E-state index contributed by atoms with van der Waals surface area (Å²) in [5.74, 6) is 1.71. The molecule has 5 nitrogen and oxygen atoms in total. The minimum absolute atomic E-state index is 0.164. The van der Waals surface area contributed by atoms with Crippen LogP contribution >= 0.6 is 0 Å². The summed E-state index contributed by atoms with van der Waals surface area (Å²) in [6.07, 6.45) is 0. The van der Waals surface area contributed by atoms with Crippen LogP contribution in [0.2, 0.25) is 0 Å². The van der Waals surface area contributed by atoms with Crippen LogP contribution in [-0.4, -0.2) is 19.8 Å². The first kappa shape index (κ1) is 19.6. The van der Waals surface area contributed by atoms with E-state index in [9.17, 15) is 4.39 Å². The van der Waals surface area contributed by atoms with Gasteiger partial charge in [0, 0.05) is 30.8 Å². The zero-order valence-corrected chi connectivity index (χ0v) is 18.0. The number of hydrogen-bond acceptors (Lipinski definition) is 5. The summed E-state index contributed by atoms with van der Waals surface area (Å²) in [7, 11) is 0. The fourth-order valence-corrected chi connectivity index (χ4v) is 5.14. The number of nitrogens with zero attached hydrogens (tertiary/aromatic N) is 1. The molecule has 1 saturated heterocycles. The molecular formula is C26H26FN3O2. The summed E-state index contributed by atoms with van der Waals surface area (Å²) in [5.41, 5.74) is 13.1. The van der Waals surface area contributed by atoms with Crippen LogP contribution in [0.3, 0.4) is 0 Å². The van der Waals surface area contributed by atoms with Crippen molar-refractivity contribution >= 4 is 5.69 Å². The van der Waals surface area contributed by atoms with Gasteiger partial charge in [-0.05, 0) is 41.8 Å². The molecule has 3 unspecified atom stereocenters. The highest BCUT2D eigenvalue weighted by Crippen LogP contribution is 2.49. The molecule has 32 heavy (non-hydrogen) atoms. The highest BCUT2D eigenvalue weighted by molar-refractivity contribution is 5.65. The highest BCUT2D eigenvalue weighted by atomic mass is 19.1. The van der Waals surface area contributed by atoms with Gasteiger partial charge >= 0.3 is 0 Å². The average Bonchev–Trinajstić information content (AvgIpc) is 3.24. The monoisotopic (exact) mass is 431 g/mol.